The molecule has 3 heterocycles. The molecule has 122 valence electrons. The molecule has 23 heavy (non-hydrogen) atoms. The number of aromatic nitrogens is 4. The quantitative estimate of drug-likeness (QED) is 0.306. The molecule has 0 spiro atoms. The predicted octanol–water partition coefficient (Wildman–Crippen LogP) is -2.11. The van der Waals surface area contributed by atoms with Crippen LogP contribution in [0.3, 0.4) is 0 Å². The van der Waals surface area contributed by atoms with Crippen LogP contribution in [0.1, 0.15) is 6.23 Å². The normalized spacial score (nSPS) is 27.4. The zero-order chi connectivity index (χ0) is 16.7. The number of anilines is 1. The molecule has 0 aromatic carbocycles. The lowest BCUT2D eigenvalue weighted by molar-refractivity contribution is -0.0548. The lowest BCUT2D eigenvalue weighted by atomic mass is 10.1. The monoisotopic (exact) mass is 340 g/mol. The number of thiocyanates is 1. The van der Waals surface area contributed by atoms with Gasteiger partial charge in [-0.25, -0.2) is 4.98 Å². The summed E-state index contributed by atoms with van der Waals surface area (Å²) in [4.78, 5) is 22.2. The highest BCUT2D eigenvalue weighted by Crippen LogP contribution is 2.34. The van der Waals surface area contributed by atoms with Gasteiger partial charge in [-0.1, -0.05) is 0 Å². The van der Waals surface area contributed by atoms with Crippen LogP contribution in [-0.4, -0.2) is 59.8 Å². The van der Waals surface area contributed by atoms with Gasteiger partial charge in [-0.05, 0) is 0 Å². The van der Waals surface area contributed by atoms with E-state index in [9.17, 15) is 20.1 Å². The number of imidazole rings is 1. The SMILES string of the molecule is N#CSc1nc2c(=O)[nH]c(N)nc2n1[C@@H]1O[C@H](CO)[C@@H](O)[C@H]1O. The second kappa shape index (κ2) is 5.80. The first-order chi connectivity index (χ1) is 11.0. The Kier molecular flexibility index (Phi) is 3.96. The fourth-order valence-electron chi connectivity index (χ4n) is 2.42. The lowest BCUT2D eigenvalue weighted by Gasteiger charge is -2.18. The van der Waals surface area contributed by atoms with Gasteiger partial charge in [0.25, 0.3) is 5.56 Å². The number of thioether (sulfide) groups is 1. The van der Waals surface area contributed by atoms with E-state index in [0.717, 1.165) is 0 Å². The van der Waals surface area contributed by atoms with Crippen LogP contribution in [0.5, 0.6) is 0 Å². The van der Waals surface area contributed by atoms with Crippen LogP contribution < -0.4 is 11.3 Å². The number of hydrogen-bond acceptors (Lipinski definition) is 10. The number of nitrogens with zero attached hydrogens (tertiary/aromatic N) is 4. The highest BCUT2D eigenvalue weighted by Gasteiger charge is 2.45. The minimum atomic E-state index is -1.41. The number of nitrogen functional groups attached to an aromatic ring is 1. The van der Waals surface area contributed by atoms with Gasteiger partial charge in [-0.2, -0.15) is 10.2 Å². The van der Waals surface area contributed by atoms with Crippen molar-refractivity contribution in [1.82, 2.24) is 19.5 Å². The molecule has 6 N–H and O–H groups in total. The number of nitrogens with two attached hydrogens (primary N) is 1. The van der Waals surface area contributed by atoms with Crippen molar-refractivity contribution < 1.29 is 20.1 Å². The van der Waals surface area contributed by atoms with Crippen LogP contribution in [0.4, 0.5) is 5.95 Å². The number of hydrogen-bond donors (Lipinski definition) is 5. The van der Waals surface area contributed by atoms with Gasteiger partial charge in [-0.15, -0.1) is 0 Å². The van der Waals surface area contributed by atoms with Gasteiger partial charge in [0.2, 0.25) is 5.95 Å². The van der Waals surface area contributed by atoms with E-state index in [0.29, 0.717) is 11.8 Å². The van der Waals surface area contributed by atoms with E-state index in [-0.39, 0.29) is 22.3 Å². The molecule has 12 heteroatoms. The van der Waals surface area contributed by atoms with E-state index in [1.165, 1.54) is 4.57 Å². The molecule has 1 aliphatic rings. The fourth-order valence-corrected chi connectivity index (χ4v) is 2.92. The van der Waals surface area contributed by atoms with Crippen LogP contribution in [0, 0.1) is 10.7 Å². The van der Waals surface area contributed by atoms with Crippen molar-refractivity contribution in [2.75, 3.05) is 12.3 Å². The standard InChI is InChI=1S/C11H12N6O5S/c12-2-23-11-14-4-7(15-10(13)16-8(4)21)17(11)9-6(20)5(19)3(1-18)22-9/h3,5-6,9,18-20H,1H2,(H3,13,15,16,21)/t3-,5-,6-,9-/m1/s1. The Morgan fingerprint density at radius 2 is 2.17 bits per heavy atom. The van der Waals surface area contributed by atoms with Crippen LogP contribution in [0.25, 0.3) is 11.2 Å². The molecule has 0 amide bonds. The van der Waals surface area contributed by atoms with E-state index in [1.54, 1.807) is 0 Å². The highest BCUT2D eigenvalue weighted by molar-refractivity contribution is 8.03. The third-order valence-corrected chi connectivity index (χ3v) is 4.01. The first-order valence-electron chi connectivity index (χ1n) is 6.44. The number of aliphatic hydroxyl groups is 3. The largest absolute Gasteiger partial charge is 0.394 e. The maximum atomic E-state index is 11.9. The third kappa shape index (κ3) is 2.44. The van der Waals surface area contributed by atoms with Crippen molar-refractivity contribution in [2.45, 2.75) is 29.7 Å². The number of aliphatic hydroxyl groups excluding tert-OH is 3. The van der Waals surface area contributed by atoms with Crippen molar-refractivity contribution in [1.29, 1.82) is 5.26 Å². The Labute approximate surface area is 132 Å². The zero-order valence-electron chi connectivity index (χ0n) is 11.4. The summed E-state index contributed by atoms with van der Waals surface area (Å²) in [5.41, 5.74) is 4.82. The molecule has 4 atom stereocenters. The van der Waals surface area contributed by atoms with Crippen LogP contribution in [-0.2, 0) is 4.74 Å². The van der Waals surface area contributed by atoms with Crippen LogP contribution in [0.15, 0.2) is 9.95 Å². The lowest BCUT2D eigenvalue weighted by Crippen LogP contribution is -2.33. The van der Waals surface area contributed by atoms with E-state index in [4.69, 9.17) is 15.7 Å². The number of aromatic amines is 1. The molecular formula is C11H12N6O5S. The molecule has 0 radical (unpaired) electrons. The molecule has 1 saturated heterocycles. The third-order valence-electron chi connectivity index (χ3n) is 3.45. The molecule has 2 aromatic rings. The van der Waals surface area contributed by atoms with E-state index < -0.39 is 36.7 Å². The van der Waals surface area contributed by atoms with Crippen molar-refractivity contribution in [3.63, 3.8) is 0 Å². The van der Waals surface area contributed by atoms with E-state index in [1.807, 2.05) is 5.40 Å². The Hall–Kier alpha value is -2.17. The molecule has 3 rings (SSSR count). The first kappa shape index (κ1) is 15.7. The number of nitrogens with one attached hydrogen (secondary N) is 1. The first-order valence-corrected chi connectivity index (χ1v) is 7.25. The Bertz CT molecular complexity index is 844. The summed E-state index contributed by atoms with van der Waals surface area (Å²) < 4.78 is 6.62. The van der Waals surface area contributed by atoms with Gasteiger partial charge in [0.05, 0.1) is 6.61 Å². The Balaban J connectivity index is 2.21. The second-order valence-corrected chi connectivity index (χ2v) is 5.56. The smallest absolute Gasteiger partial charge is 0.280 e. The number of rotatable bonds is 3. The van der Waals surface area contributed by atoms with E-state index in [2.05, 4.69) is 15.0 Å². The average Bonchev–Trinajstić information content (AvgIpc) is 2.99. The summed E-state index contributed by atoms with van der Waals surface area (Å²) in [5, 5.41) is 39.9. The zero-order valence-corrected chi connectivity index (χ0v) is 12.3. The molecule has 0 aliphatic carbocycles. The van der Waals surface area contributed by atoms with Crippen LogP contribution >= 0.6 is 11.8 Å². The Morgan fingerprint density at radius 1 is 1.43 bits per heavy atom. The van der Waals surface area contributed by atoms with Gasteiger partial charge >= 0.3 is 0 Å². The molecule has 0 saturated carbocycles. The van der Waals surface area contributed by atoms with Gasteiger partial charge in [-0.3, -0.25) is 14.3 Å². The molecule has 0 unspecified atom stereocenters. The van der Waals surface area contributed by atoms with Gasteiger partial charge < -0.3 is 25.8 Å². The molecule has 11 nitrogen and oxygen atoms in total. The summed E-state index contributed by atoms with van der Waals surface area (Å²) in [6.07, 6.45) is -4.96. The van der Waals surface area contributed by atoms with Crippen molar-refractivity contribution in [2.24, 2.45) is 0 Å². The fraction of sp³-hybridized carbons (Fsp3) is 0.455. The van der Waals surface area contributed by atoms with Gasteiger partial charge in [0, 0.05) is 11.8 Å². The number of ether oxygens (including phenoxy) is 1. The van der Waals surface area contributed by atoms with Gasteiger partial charge in [0.15, 0.2) is 22.5 Å². The molecular weight excluding hydrogens is 328 g/mol. The van der Waals surface area contributed by atoms with Crippen LogP contribution in [0.2, 0.25) is 0 Å². The molecule has 0 bridgehead atoms. The number of fused-ring (bicyclic) bond motifs is 1. The summed E-state index contributed by atoms with van der Waals surface area (Å²) in [6, 6.07) is 0. The molecule has 1 aliphatic heterocycles. The minimum Gasteiger partial charge on any atom is -0.394 e. The minimum absolute atomic E-state index is 0.00107. The summed E-state index contributed by atoms with van der Waals surface area (Å²) in [5.74, 6) is -0.177. The average molecular weight is 340 g/mol. The highest BCUT2D eigenvalue weighted by atomic mass is 32.2. The van der Waals surface area contributed by atoms with Crippen molar-refractivity contribution in [3.05, 3.63) is 10.4 Å². The number of H-pyrrole nitrogens is 1. The maximum absolute atomic E-state index is 11.9. The van der Waals surface area contributed by atoms with Crippen molar-refractivity contribution >= 4 is 28.9 Å². The Morgan fingerprint density at radius 3 is 2.78 bits per heavy atom. The molecule has 1 fully saturated rings. The molecule has 2 aromatic heterocycles. The van der Waals surface area contributed by atoms with Crippen molar-refractivity contribution in [3.8, 4) is 5.40 Å². The number of nitriles is 1. The predicted molar refractivity (Wildman–Crippen MR) is 77.0 cm³/mol. The summed E-state index contributed by atoms with van der Waals surface area (Å²) in [7, 11) is 0. The summed E-state index contributed by atoms with van der Waals surface area (Å²) >= 11 is 0.630. The maximum Gasteiger partial charge on any atom is 0.280 e. The topological polar surface area (TPSA) is 183 Å². The summed E-state index contributed by atoms with van der Waals surface area (Å²) in [6.45, 7) is -0.516. The van der Waals surface area contributed by atoms with Gasteiger partial charge in [0.1, 0.15) is 23.7 Å². The van der Waals surface area contributed by atoms with E-state index >= 15 is 0 Å². The second-order valence-electron chi connectivity index (χ2n) is 4.81.